The topological polar surface area (TPSA) is 24.1 Å². The van der Waals surface area contributed by atoms with Crippen LogP contribution in [0.4, 0.5) is 36.4 Å². The van der Waals surface area contributed by atoms with E-state index in [9.17, 15) is 30.7 Å². The van der Waals surface area contributed by atoms with Gasteiger partial charge in [-0.25, -0.2) is 9.82 Å². The molecule has 2 nitrogen and oxygen atoms in total. The molecule has 0 aliphatic carbocycles. The predicted molar refractivity (Wildman–Crippen MR) is 73.3 cm³/mol. The Morgan fingerprint density at radius 1 is 0.833 bits per heavy atom. The highest BCUT2D eigenvalue weighted by atomic mass is 19.4. The second-order valence-electron chi connectivity index (χ2n) is 4.82. The Morgan fingerprint density at radius 3 is 2.00 bits per heavy atom. The molecule has 0 spiro atoms. The smallest absolute Gasteiger partial charge is 0.321 e. The normalized spacial score (nSPS) is 12.3. The number of rotatable bonds is 4. The maximum absolute atomic E-state index is 13.8. The largest absolute Gasteiger partial charge is 0.416 e. The highest BCUT2D eigenvalue weighted by Gasteiger charge is 2.39. The summed E-state index contributed by atoms with van der Waals surface area (Å²) in [5.74, 6) is -1.58. The van der Waals surface area contributed by atoms with Crippen LogP contribution >= 0.6 is 0 Å². The maximum atomic E-state index is 13.8. The average molecular weight is 352 g/mol. The van der Waals surface area contributed by atoms with Crippen LogP contribution in [0.5, 0.6) is 0 Å². The maximum Gasteiger partial charge on any atom is 0.416 e. The Labute approximate surface area is 132 Å². The minimum atomic E-state index is -5.12. The molecule has 2 aromatic carbocycles. The third-order valence-electron chi connectivity index (χ3n) is 3.10. The van der Waals surface area contributed by atoms with Crippen LogP contribution in [0.25, 0.3) is 0 Å². The Balaban J connectivity index is 2.28. The van der Waals surface area contributed by atoms with Crippen LogP contribution in [0, 0.1) is 5.82 Å². The van der Waals surface area contributed by atoms with Crippen molar-refractivity contribution in [3.05, 3.63) is 65.0 Å². The number of hydrazine groups is 1. The monoisotopic (exact) mass is 352 g/mol. The van der Waals surface area contributed by atoms with E-state index in [0.717, 1.165) is 0 Å². The highest BCUT2D eigenvalue weighted by molar-refractivity contribution is 5.42. The van der Waals surface area contributed by atoms with Crippen molar-refractivity contribution in [3.8, 4) is 0 Å². The zero-order valence-corrected chi connectivity index (χ0v) is 11.9. The predicted octanol–water partition coefficient (Wildman–Crippen LogP) is 4.98. The number of hydrogen-bond acceptors (Lipinski definition) is 2. The Kier molecular flexibility index (Phi) is 5.02. The van der Waals surface area contributed by atoms with Gasteiger partial charge in [0.25, 0.3) is 0 Å². The molecule has 0 amide bonds. The zero-order valence-electron chi connectivity index (χ0n) is 11.9. The van der Waals surface area contributed by atoms with Gasteiger partial charge in [0.2, 0.25) is 0 Å². The van der Waals surface area contributed by atoms with Crippen molar-refractivity contribution in [1.29, 1.82) is 0 Å². The van der Waals surface area contributed by atoms with E-state index in [1.165, 1.54) is 0 Å². The molecule has 0 aliphatic rings. The lowest BCUT2D eigenvalue weighted by atomic mass is 10.0. The van der Waals surface area contributed by atoms with Crippen molar-refractivity contribution in [1.82, 2.24) is 5.43 Å². The highest BCUT2D eigenvalue weighted by Crippen LogP contribution is 2.38. The second-order valence-corrected chi connectivity index (χ2v) is 4.82. The van der Waals surface area contributed by atoms with E-state index < -0.39 is 41.4 Å². The summed E-state index contributed by atoms with van der Waals surface area (Å²) in [6.07, 6.45) is -10.2. The number of nitrogens with one attached hydrogen (secondary N) is 2. The van der Waals surface area contributed by atoms with Gasteiger partial charge in [0.15, 0.2) is 0 Å². The third-order valence-corrected chi connectivity index (χ3v) is 3.10. The molecule has 0 bridgehead atoms. The van der Waals surface area contributed by atoms with Gasteiger partial charge in [-0.3, -0.25) is 0 Å². The van der Waals surface area contributed by atoms with Crippen molar-refractivity contribution in [3.63, 3.8) is 0 Å². The minimum absolute atomic E-state index is 0.0504. The molecule has 130 valence electrons. The first-order chi connectivity index (χ1) is 11.1. The first-order valence-corrected chi connectivity index (χ1v) is 6.60. The quantitative estimate of drug-likeness (QED) is 0.599. The van der Waals surface area contributed by atoms with E-state index in [0.29, 0.717) is 5.69 Å². The van der Waals surface area contributed by atoms with Crippen LogP contribution in [0.1, 0.15) is 16.7 Å². The second kappa shape index (κ2) is 6.68. The van der Waals surface area contributed by atoms with E-state index >= 15 is 0 Å². The van der Waals surface area contributed by atoms with Crippen molar-refractivity contribution in [2.75, 3.05) is 5.43 Å². The van der Waals surface area contributed by atoms with Crippen molar-refractivity contribution >= 4 is 5.69 Å². The van der Waals surface area contributed by atoms with Gasteiger partial charge >= 0.3 is 12.4 Å². The standard InChI is InChI=1S/C15H11F7N2/c16-13-7-9(14(17,18)19)6-12(15(20,21)22)11(13)8-23-24-10-4-2-1-3-5-10/h1-7,23-24H,8H2. The number of benzene rings is 2. The van der Waals surface area contributed by atoms with Crippen LogP contribution in [0.3, 0.4) is 0 Å². The minimum Gasteiger partial charge on any atom is -0.321 e. The molecule has 0 aromatic heterocycles. The number of anilines is 1. The molecule has 0 aliphatic heterocycles. The summed E-state index contributed by atoms with van der Waals surface area (Å²) in [5.41, 5.74) is 1.13. The van der Waals surface area contributed by atoms with E-state index in [1.54, 1.807) is 30.3 Å². The van der Waals surface area contributed by atoms with Crippen molar-refractivity contribution in [2.24, 2.45) is 0 Å². The van der Waals surface area contributed by atoms with Crippen LogP contribution in [-0.4, -0.2) is 0 Å². The van der Waals surface area contributed by atoms with E-state index in [-0.39, 0.29) is 12.1 Å². The van der Waals surface area contributed by atoms with E-state index in [1.807, 2.05) is 0 Å². The Morgan fingerprint density at radius 2 is 1.46 bits per heavy atom. The first kappa shape index (κ1) is 18.1. The van der Waals surface area contributed by atoms with Crippen LogP contribution in [0.15, 0.2) is 42.5 Å². The molecule has 9 heteroatoms. The van der Waals surface area contributed by atoms with Gasteiger partial charge in [0.05, 0.1) is 11.1 Å². The van der Waals surface area contributed by atoms with Crippen molar-refractivity contribution in [2.45, 2.75) is 18.9 Å². The Bertz CT molecular complexity index is 693. The summed E-state index contributed by atoms with van der Waals surface area (Å²) in [4.78, 5) is 0. The van der Waals surface area contributed by atoms with Gasteiger partial charge < -0.3 is 5.43 Å². The molecule has 2 rings (SSSR count). The third kappa shape index (κ3) is 4.38. The number of para-hydroxylation sites is 1. The molecule has 0 fully saturated rings. The van der Waals surface area contributed by atoms with Crippen LogP contribution in [-0.2, 0) is 18.9 Å². The fourth-order valence-corrected chi connectivity index (χ4v) is 1.99. The number of halogens is 7. The van der Waals surface area contributed by atoms with E-state index in [2.05, 4.69) is 10.9 Å². The summed E-state index contributed by atoms with van der Waals surface area (Å²) in [5, 5.41) is 0. The molecule has 2 aromatic rings. The summed E-state index contributed by atoms with van der Waals surface area (Å²) in [7, 11) is 0. The zero-order chi connectivity index (χ0) is 18.0. The molecule has 0 atom stereocenters. The summed E-state index contributed by atoms with van der Waals surface area (Å²) in [6.45, 7) is -0.659. The van der Waals surface area contributed by atoms with Gasteiger partial charge in [0.1, 0.15) is 5.82 Å². The van der Waals surface area contributed by atoms with Gasteiger partial charge in [-0.05, 0) is 24.3 Å². The molecular weight excluding hydrogens is 341 g/mol. The molecule has 0 saturated carbocycles. The van der Waals surface area contributed by atoms with Gasteiger partial charge in [-0.2, -0.15) is 26.3 Å². The summed E-state index contributed by atoms with van der Waals surface area (Å²) < 4.78 is 90.5. The van der Waals surface area contributed by atoms with Crippen LogP contribution < -0.4 is 10.9 Å². The molecule has 0 unspecified atom stereocenters. The van der Waals surface area contributed by atoms with Gasteiger partial charge in [-0.1, -0.05) is 18.2 Å². The first-order valence-electron chi connectivity index (χ1n) is 6.60. The SMILES string of the molecule is Fc1cc(C(F)(F)F)cc(C(F)(F)F)c1CNNc1ccccc1. The Hall–Kier alpha value is -2.29. The fourth-order valence-electron chi connectivity index (χ4n) is 1.99. The number of alkyl halides is 6. The van der Waals surface area contributed by atoms with E-state index in [4.69, 9.17) is 0 Å². The molecule has 2 N–H and O–H groups in total. The lowest BCUT2D eigenvalue weighted by Gasteiger charge is -2.18. The van der Waals surface area contributed by atoms with Gasteiger partial charge in [0, 0.05) is 17.8 Å². The van der Waals surface area contributed by atoms with Crippen molar-refractivity contribution < 1.29 is 30.7 Å². The lowest BCUT2D eigenvalue weighted by Crippen LogP contribution is -2.24. The molecular formula is C15H11F7N2. The fraction of sp³-hybridized carbons (Fsp3) is 0.200. The number of hydrogen-bond donors (Lipinski definition) is 2. The van der Waals surface area contributed by atoms with Gasteiger partial charge in [-0.15, -0.1) is 0 Å². The van der Waals surface area contributed by atoms with Crippen LogP contribution in [0.2, 0.25) is 0 Å². The lowest BCUT2D eigenvalue weighted by molar-refractivity contribution is -0.143. The summed E-state index contributed by atoms with van der Waals surface area (Å²) >= 11 is 0. The molecule has 0 radical (unpaired) electrons. The molecule has 0 heterocycles. The molecule has 0 saturated heterocycles. The average Bonchev–Trinajstić information content (AvgIpc) is 2.47. The molecule has 24 heavy (non-hydrogen) atoms. The summed E-state index contributed by atoms with van der Waals surface area (Å²) in [6, 6.07) is 8.18.